The molecular weight excluding hydrogens is 314 g/mol. The number of hydrogen-bond acceptors (Lipinski definition) is 5. The SMILES string of the molecule is Brc1ccsc1-c1nnc(CCCNC2CC2)o1. The maximum atomic E-state index is 5.66. The zero-order valence-electron chi connectivity index (χ0n) is 9.86. The minimum absolute atomic E-state index is 0.613. The van der Waals surface area contributed by atoms with Gasteiger partial charge in [0.2, 0.25) is 5.89 Å². The van der Waals surface area contributed by atoms with Gasteiger partial charge in [0.25, 0.3) is 5.89 Å². The monoisotopic (exact) mass is 327 g/mol. The Balaban J connectivity index is 1.54. The first-order valence-electron chi connectivity index (χ1n) is 6.12. The minimum atomic E-state index is 0.613. The van der Waals surface area contributed by atoms with Crippen LogP contribution in [0.3, 0.4) is 0 Å². The minimum Gasteiger partial charge on any atom is -0.420 e. The van der Waals surface area contributed by atoms with Gasteiger partial charge in [-0.3, -0.25) is 0 Å². The lowest BCUT2D eigenvalue weighted by Crippen LogP contribution is -2.17. The molecule has 0 atom stereocenters. The first-order valence-corrected chi connectivity index (χ1v) is 7.79. The maximum absolute atomic E-state index is 5.66. The molecule has 1 N–H and O–H groups in total. The van der Waals surface area contributed by atoms with E-state index in [1.165, 1.54) is 12.8 Å². The highest BCUT2D eigenvalue weighted by atomic mass is 79.9. The van der Waals surface area contributed by atoms with E-state index < -0.39 is 0 Å². The predicted octanol–water partition coefficient (Wildman–Crippen LogP) is 3.25. The van der Waals surface area contributed by atoms with Gasteiger partial charge in [-0.1, -0.05) is 0 Å². The Bertz CT molecular complexity index is 521. The number of hydrogen-bond donors (Lipinski definition) is 1. The van der Waals surface area contributed by atoms with Crippen molar-refractivity contribution in [3.63, 3.8) is 0 Å². The Morgan fingerprint density at radius 3 is 3.06 bits per heavy atom. The third kappa shape index (κ3) is 2.99. The Morgan fingerprint density at radius 2 is 2.33 bits per heavy atom. The van der Waals surface area contributed by atoms with Crippen LogP contribution < -0.4 is 5.32 Å². The molecule has 0 radical (unpaired) electrons. The highest BCUT2D eigenvalue weighted by molar-refractivity contribution is 9.10. The maximum Gasteiger partial charge on any atom is 0.258 e. The number of nitrogens with zero attached hydrogens (tertiary/aromatic N) is 2. The van der Waals surface area contributed by atoms with E-state index >= 15 is 0 Å². The van der Waals surface area contributed by atoms with Gasteiger partial charge in [-0.25, -0.2) is 0 Å². The fraction of sp³-hybridized carbons (Fsp3) is 0.500. The molecule has 0 spiro atoms. The van der Waals surface area contributed by atoms with Crippen LogP contribution in [-0.2, 0) is 6.42 Å². The second-order valence-corrected chi connectivity index (χ2v) is 6.20. The zero-order chi connectivity index (χ0) is 12.4. The van der Waals surface area contributed by atoms with Crippen LogP contribution in [0.4, 0.5) is 0 Å². The molecule has 0 unspecified atom stereocenters. The van der Waals surface area contributed by atoms with Crippen molar-refractivity contribution in [2.45, 2.75) is 31.7 Å². The molecule has 2 aromatic heterocycles. The Hall–Kier alpha value is -0.720. The van der Waals surface area contributed by atoms with Crippen LogP contribution in [0.25, 0.3) is 10.8 Å². The molecule has 1 aliphatic carbocycles. The fourth-order valence-electron chi connectivity index (χ4n) is 1.73. The highest BCUT2D eigenvalue weighted by Gasteiger charge is 2.19. The summed E-state index contributed by atoms with van der Waals surface area (Å²) in [5, 5.41) is 13.7. The van der Waals surface area contributed by atoms with E-state index in [1.807, 2.05) is 11.4 Å². The summed E-state index contributed by atoms with van der Waals surface area (Å²) >= 11 is 5.07. The summed E-state index contributed by atoms with van der Waals surface area (Å²) in [6, 6.07) is 2.76. The number of rotatable bonds is 6. The molecule has 1 aliphatic rings. The van der Waals surface area contributed by atoms with Crippen LogP contribution in [0.1, 0.15) is 25.2 Å². The molecule has 96 valence electrons. The third-order valence-electron chi connectivity index (χ3n) is 2.86. The Labute approximate surface area is 118 Å². The molecule has 0 aromatic carbocycles. The van der Waals surface area contributed by atoms with Crippen molar-refractivity contribution < 1.29 is 4.42 Å². The van der Waals surface area contributed by atoms with Gasteiger partial charge < -0.3 is 9.73 Å². The molecule has 0 bridgehead atoms. The van der Waals surface area contributed by atoms with Gasteiger partial charge in [0.15, 0.2) is 0 Å². The number of thiophene rings is 1. The normalized spacial score (nSPS) is 15.2. The van der Waals surface area contributed by atoms with E-state index in [-0.39, 0.29) is 0 Å². The van der Waals surface area contributed by atoms with Gasteiger partial charge in [0.1, 0.15) is 4.88 Å². The standard InChI is InChI=1S/C12H14BrN3OS/c13-9-5-7-18-11(9)12-16-15-10(17-12)2-1-6-14-8-3-4-8/h5,7-8,14H,1-4,6H2. The molecular formula is C12H14BrN3OS. The largest absolute Gasteiger partial charge is 0.420 e. The van der Waals surface area contributed by atoms with Gasteiger partial charge in [-0.15, -0.1) is 21.5 Å². The summed E-state index contributed by atoms with van der Waals surface area (Å²) in [6.07, 6.45) is 4.55. The summed E-state index contributed by atoms with van der Waals surface area (Å²) in [5.74, 6) is 1.34. The summed E-state index contributed by atoms with van der Waals surface area (Å²) in [7, 11) is 0. The summed E-state index contributed by atoms with van der Waals surface area (Å²) in [4.78, 5) is 1.00. The average Bonchev–Trinajstić information content (AvgIpc) is 2.90. The lowest BCUT2D eigenvalue weighted by atomic mass is 10.3. The van der Waals surface area contributed by atoms with Crippen LogP contribution in [-0.4, -0.2) is 22.8 Å². The van der Waals surface area contributed by atoms with Crippen LogP contribution >= 0.6 is 27.3 Å². The number of nitrogens with one attached hydrogen (secondary N) is 1. The number of aryl methyl sites for hydroxylation is 1. The fourth-order valence-corrected chi connectivity index (χ4v) is 3.19. The van der Waals surface area contributed by atoms with Gasteiger partial charge in [-0.2, -0.15) is 0 Å². The molecule has 18 heavy (non-hydrogen) atoms. The molecule has 3 rings (SSSR count). The van der Waals surface area contributed by atoms with Crippen LogP contribution in [0.2, 0.25) is 0 Å². The third-order valence-corrected chi connectivity index (χ3v) is 4.68. The van der Waals surface area contributed by atoms with E-state index in [1.54, 1.807) is 11.3 Å². The van der Waals surface area contributed by atoms with E-state index in [2.05, 4.69) is 31.4 Å². The van der Waals surface area contributed by atoms with Gasteiger partial charge >= 0.3 is 0 Å². The molecule has 0 amide bonds. The molecule has 4 nitrogen and oxygen atoms in total. The zero-order valence-corrected chi connectivity index (χ0v) is 12.3. The van der Waals surface area contributed by atoms with E-state index in [9.17, 15) is 0 Å². The van der Waals surface area contributed by atoms with E-state index in [0.29, 0.717) is 5.89 Å². The molecule has 2 heterocycles. The molecule has 0 saturated heterocycles. The van der Waals surface area contributed by atoms with Crippen molar-refractivity contribution >= 4 is 27.3 Å². The highest BCUT2D eigenvalue weighted by Crippen LogP contribution is 2.32. The second-order valence-electron chi connectivity index (χ2n) is 4.43. The Morgan fingerprint density at radius 1 is 1.44 bits per heavy atom. The molecule has 6 heteroatoms. The van der Waals surface area contributed by atoms with Gasteiger partial charge in [0.05, 0.1) is 0 Å². The lowest BCUT2D eigenvalue weighted by Gasteiger charge is -1.99. The van der Waals surface area contributed by atoms with Gasteiger partial charge in [-0.05, 0) is 53.2 Å². The van der Waals surface area contributed by atoms with Crippen molar-refractivity contribution in [3.05, 3.63) is 21.8 Å². The van der Waals surface area contributed by atoms with Gasteiger partial charge in [0, 0.05) is 16.9 Å². The second kappa shape index (κ2) is 5.50. The van der Waals surface area contributed by atoms with Crippen molar-refractivity contribution in [2.75, 3.05) is 6.54 Å². The summed E-state index contributed by atoms with van der Waals surface area (Å²) < 4.78 is 6.67. The average molecular weight is 328 g/mol. The van der Waals surface area contributed by atoms with E-state index in [4.69, 9.17) is 4.42 Å². The van der Waals surface area contributed by atoms with Crippen LogP contribution in [0.15, 0.2) is 20.3 Å². The first kappa shape index (κ1) is 12.3. The quantitative estimate of drug-likeness (QED) is 0.827. The summed E-state index contributed by atoms with van der Waals surface area (Å²) in [5.41, 5.74) is 0. The summed E-state index contributed by atoms with van der Waals surface area (Å²) in [6.45, 7) is 1.03. The van der Waals surface area contributed by atoms with Crippen molar-refractivity contribution in [3.8, 4) is 10.8 Å². The van der Waals surface area contributed by atoms with Crippen molar-refractivity contribution in [2.24, 2.45) is 0 Å². The van der Waals surface area contributed by atoms with E-state index in [0.717, 1.165) is 40.7 Å². The first-order chi connectivity index (χ1) is 8.83. The van der Waals surface area contributed by atoms with Crippen molar-refractivity contribution in [1.82, 2.24) is 15.5 Å². The van der Waals surface area contributed by atoms with Crippen LogP contribution in [0, 0.1) is 0 Å². The number of aromatic nitrogens is 2. The smallest absolute Gasteiger partial charge is 0.258 e. The molecule has 2 aromatic rings. The van der Waals surface area contributed by atoms with Crippen molar-refractivity contribution in [1.29, 1.82) is 0 Å². The molecule has 1 saturated carbocycles. The Kier molecular flexibility index (Phi) is 3.77. The van der Waals surface area contributed by atoms with Crippen LogP contribution in [0.5, 0.6) is 0 Å². The topological polar surface area (TPSA) is 51.0 Å². The molecule has 0 aliphatic heterocycles. The molecule has 1 fully saturated rings. The number of halogens is 1. The lowest BCUT2D eigenvalue weighted by molar-refractivity contribution is 0.491. The predicted molar refractivity (Wildman–Crippen MR) is 74.7 cm³/mol.